The number of hydrogen-bond donors (Lipinski definition) is 1. The molecular weight excluding hydrogens is 287 g/mol. The summed E-state index contributed by atoms with van der Waals surface area (Å²) in [6, 6.07) is 16.5. The summed E-state index contributed by atoms with van der Waals surface area (Å²) in [6.07, 6.45) is -0.874. The lowest BCUT2D eigenvalue weighted by Gasteiger charge is -2.15. The van der Waals surface area contributed by atoms with Crippen molar-refractivity contribution >= 4 is 22.4 Å². The average molecular weight is 301 g/mol. The fourth-order valence-corrected chi connectivity index (χ4v) is 2.70. The first-order chi connectivity index (χ1) is 10.1. The van der Waals surface area contributed by atoms with Gasteiger partial charge in [-0.15, -0.1) is 0 Å². The SMILES string of the molecule is Cc1cc(C(O)c2ccc3ccccc3c2)c(Cl)cc1F. The molecule has 0 bridgehead atoms. The Morgan fingerprint density at radius 3 is 2.48 bits per heavy atom. The van der Waals surface area contributed by atoms with E-state index < -0.39 is 6.10 Å². The molecule has 0 aliphatic rings. The largest absolute Gasteiger partial charge is 0.384 e. The Balaban J connectivity index is 2.07. The van der Waals surface area contributed by atoms with Crippen LogP contribution >= 0.6 is 11.6 Å². The molecule has 0 heterocycles. The van der Waals surface area contributed by atoms with Crippen LogP contribution in [0.3, 0.4) is 0 Å². The van der Waals surface area contributed by atoms with Crippen LogP contribution in [-0.2, 0) is 0 Å². The molecule has 3 aromatic rings. The van der Waals surface area contributed by atoms with Gasteiger partial charge in [-0.2, -0.15) is 0 Å². The Morgan fingerprint density at radius 1 is 1.00 bits per heavy atom. The molecule has 0 spiro atoms. The molecule has 0 saturated heterocycles. The van der Waals surface area contributed by atoms with E-state index in [1.807, 2.05) is 42.5 Å². The quantitative estimate of drug-likeness (QED) is 0.704. The maximum absolute atomic E-state index is 13.5. The second-order valence-electron chi connectivity index (χ2n) is 5.13. The van der Waals surface area contributed by atoms with E-state index in [2.05, 4.69) is 0 Å². The van der Waals surface area contributed by atoms with Crippen molar-refractivity contribution in [3.8, 4) is 0 Å². The second-order valence-corrected chi connectivity index (χ2v) is 5.54. The predicted octanol–water partition coefficient (Wildman–Crippen LogP) is 5.02. The zero-order valence-electron chi connectivity index (χ0n) is 11.5. The van der Waals surface area contributed by atoms with E-state index >= 15 is 0 Å². The molecular formula is C18H14ClFO. The van der Waals surface area contributed by atoms with Gasteiger partial charge in [0.2, 0.25) is 0 Å². The van der Waals surface area contributed by atoms with E-state index in [0.29, 0.717) is 11.1 Å². The molecule has 0 fully saturated rings. The Bertz CT molecular complexity index is 813. The van der Waals surface area contributed by atoms with E-state index in [1.165, 1.54) is 6.07 Å². The second kappa shape index (κ2) is 5.47. The van der Waals surface area contributed by atoms with E-state index in [-0.39, 0.29) is 10.8 Å². The lowest BCUT2D eigenvalue weighted by Crippen LogP contribution is -2.02. The van der Waals surface area contributed by atoms with Crippen LogP contribution in [0.4, 0.5) is 4.39 Å². The molecule has 0 aromatic heterocycles. The minimum atomic E-state index is -0.874. The first kappa shape index (κ1) is 14.1. The topological polar surface area (TPSA) is 20.2 Å². The molecule has 21 heavy (non-hydrogen) atoms. The lowest BCUT2D eigenvalue weighted by molar-refractivity contribution is 0.220. The van der Waals surface area contributed by atoms with Gasteiger partial charge in [-0.25, -0.2) is 4.39 Å². The van der Waals surface area contributed by atoms with Crippen molar-refractivity contribution in [1.29, 1.82) is 0 Å². The van der Waals surface area contributed by atoms with Crippen molar-refractivity contribution in [3.05, 3.63) is 82.1 Å². The van der Waals surface area contributed by atoms with Gasteiger partial charge in [-0.3, -0.25) is 0 Å². The summed E-state index contributed by atoms with van der Waals surface area (Å²) in [5, 5.41) is 12.9. The summed E-state index contributed by atoms with van der Waals surface area (Å²) in [6.45, 7) is 1.66. The average Bonchev–Trinajstić information content (AvgIpc) is 2.50. The summed E-state index contributed by atoms with van der Waals surface area (Å²) >= 11 is 6.06. The van der Waals surface area contributed by atoms with Crippen LogP contribution < -0.4 is 0 Å². The Hall–Kier alpha value is -1.90. The number of rotatable bonds is 2. The number of aliphatic hydroxyl groups is 1. The zero-order valence-corrected chi connectivity index (χ0v) is 12.2. The van der Waals surface area contributed by atoms with Crippen molar-refractivity contribution in [2.45, 2.75) is 13.0 Å². The maximum Gasteiger partial charge on any atom is 0.127 e. The molecule has 106 valence electrons. The van der Waals surface area contributed by atoms with Crippen LogP contribution in [0.25, 0.3) is 10.8 Å². The fourth-order valence-electron chi connectivity index (χ4n) is 2.45. The van der Waals surface area contributed by atoms with Gasteiger partial charge in [-0.1, -0.05) is 48.0 Å². The summed E-state index contributed by atoms with van der Waals surface area (Å²) < 4.78 is 13.5. The summed E-state index contributed by atoms with van der Waals surface area (Å²) in [7, 11) is 0. The van der Waals surface area contributed by atoms with Gasteiger partial charge < -0.3 is 5.11 Å². The molecule has 1 unspecified atom stereocenters. The number of aliphatic hydroxyl groups excluding tert-OH is 1. The van der Waals surface area contributed by atoms with Crippen LogP contribution in [0, 0.1) is 12.7 Å². The van der Waals surface area contributed by atoms with E-state index in [0.717, 1.165) is 16.3 Å². The smallest absolute Gasteiger partial charge is 0.127 e. The Kier molecular flexibility index (Phi) is 3.66. The predicted molar refractivity (Wildman–Crippen MR) is 84.2 cm³/mol. The minimum absolute atomic E-state index is 0.235. The van der Waals surface area contributed by atoms with Crippen LogP contribution in [0.15, 0.2) is 54.6 Å². The molecule has 1 nitrogen and oxygen atoms in total. The fraction of sp³-hybridized carbons (Fsp3) is 0.111. The van der Waals surface area contributed by atoms with Crippen LogP contribution in [-0.4, -0.2) is 5.11 Å². The molecule has 0 aliphatic heterocycles. The van der Waals surface area contributed by atoms with E-state index in [4.69, 9.17) is 11.6 Å². The highest BCUT2D eigenvalue weighted by Crippen LogP contribution is 2.31. The van der Waals surface area contributed by atoms with E-state index in [1.54, 1.807) is 13.0 Å². The van der Waals surface area contributed by atoms with Gasteiger partial charge in [0.05, 0.1) is 0 Å². The van der Waals surface area contributed by atoms with Crippen molar-refractivity contribution in [3.63, 3.8) is 0 Å². The lowest BCUT2D eigenvalue weighted by atomic mass is 9.97. The number of halogens is 2. The van der Waals surface area contributed by atoms with Gasteiger partial charge in [-0.05, 0) is 47.0 Å². The molecule has 3 aromatic carbocycles. The highest BCUT2D eigenvalue weighted by molar-refractivity contribution is 6.31. The van der Waals surface area contributed by atoms with Crippen molar-refractivity contribution < 1.29 is 9.50 Å². The van der Waals surface area contributed by atoms with Gasteiger partial charge in [0, 0.05) is 10.6 Å². The molecule has 1 N–H and O–H groups in total. The van der Waals surface area contributed by atoms with Gasteiger partial charge in [0.15, 0.2) is 0 Å². The molecule has 3 heteroatoms. The monoisotopic (exact) mass is 300 g/mol. The summed E-state index contributed by atoms with van der Waals surface area (Å²) in [5.41, 5.74) is 1.72. The van der Waals surface area contributed by atoms with Crippen LogP contribution in [0.2, 0.25) is 5.02 Å². The highest BCUT2D eigenvalue weighted by atomic mass is 35.5. The molecule has 0 aliphatic carbocycles. The third-order valence-electron chi connectivity index (χ3n) is 3.66. The number of benzene rings is 3. The standard InChI is InChI=1S/C18H14ClFO/c1-11-8-15(16(19)10-17(11)20)18(21)14-7-6-12-4-2-3-5-13(12)9-14/h2-10,18,21H,1H3. The summed E-state index contributed by atoms with van der Waals surface area (Å²) in [5.74, 6) is -0.366. The minimum Gasteiger partial charge on any atom is -0.384 e. The van der Waals surface area contributed by atoms with Crippen molar-refractivity contribution in [2.24, 2.45) is 0 Å². The Morgan fingerprint density at radius 2 is 1.71 bits per heavy atom. The number of hydrogen-bond acceptors (Lipinski definition) is 1. The highest BCUT2D eigenvalue weighted by Gasteiger charge is 2.16. The third kappa shape index (κ3) is 2.65. The Labute approximate surface area is 127 Å². The van der Waals surface area contributed by atoms with Crippen molar-refractivity contribution in [2.75, 3.05) is 0 Å². The number of aryl methyl sites for hydroxylation is 1. The molecule has 0 saturated carbocycles. The maximum atomic E-state index is 13.5. The van der Waals surface area contributed by atoms with Crippen molar-refractivity contribution in [1.82, 2.24) is 0 Å². The first-order valence-electron chi connectivity index (χ1n) is 6.68. The van der Waals surface area contributed by atoms with Crippen LogP contribution in [0.1, 0.15) is 22.8 Å². The molecule has 1 atom stereocenters. The molecule has 0 radical (unpaired) electrons. The number of fused-ring (bicyclic) bond motifs is 1. The third-order valence-corrected chi connectivity index (χ3v) is 3.99. The van der Waals surface area contributed by atoms with Gasteiger partial charge in [0.1, 0.15) is 11.9 Å². The summed E-state index contributed by atoms with van der Waals surface area (Å²) in [4.78, 5) is 0. The first-order valence-corrected chi connectivity index (χ1v) is 7.06. The van der Waals surface area contributed by atoms with Gasteiger partial charge in [0.25, 0.3) is 0 Å². The molecule has 3 rings (SSSR count). The van der Waals surface area contributed by atoms with Crippen LogP contribution in [0.5, 0.6) is 0 Å². The molecule has 0 amide bonds. The zero-order chi connectivity index (χ0) is 15.0. The van der Waals surface area contributed by atoms with Gasteiger partial charge >= 0.3 is 0 Å². The normalized spacial score (nSPS) is 12.6. The van der Waals surface area contributed by atoms with E-state index in [9.17, 15) is 9.50 Å².